The van der Waals surface area contributed by atoms with Gasteiger partial charge in [-0.2, -0.15) is 0 Å². The highest BCUT2D eigenvalue weighted by Crippen LogP contribution is 2.26. The van der Waals surface area contributed by atoms with Gasteiger partial charge in [0.25, 0.3) is 5.69 Å². The first-order chi connectivity index (χ1) is 10.0. The van der Waals surface area contributed by atoms with E-state index in [9.17, 15) is 15.2 Å². The normalized spacial score (nSPS) is 10.4. The molecule has 0 unspecified atom stereocenters. The molecule has 0 aliphatic rings. The van der Waals surface area contributed by atoms with Gasteiger partial charge >= 0.3 is 0 Å². The molecule has 0 radical (unpaired) electrons. The van der Waals surface area contributed by atoms with Crippen molar-refractivity contribution in [1.82, 2.24) is 0 Å². The third-order valence-corrected chi connectivity index (χ3v) is 3.41. The van der Waals surface area contributed by atoms with Crippen LogP contribution < -0.4 is 4.74 Å². The molecule has 110 valence electrons. The molecule has 0 amide bonds. The average molecular weight is 328 g/mol. The summed E-state index contributed by atoms with van der Waals surface area (Å²) in [5.74, 6) is 0.483. The van der Waals surface area contributed by atoms with Gasteiger partial charge in [0.15, 0.2) is 0 Å². The molecule has 0 aliphatic heterocycles. The molecule has 0 bridgehead atoms. The van der Waals surface area contributed by atoms with E-state index in [1.165, 1.54) is 18.2 Å². The van der Waals surface area contributed by atoms with E-state index in [4.69, 9.17) is 27.9 Å². The van der Waals surface area contributed by atoms with Crippen LogP contribution >= 0.6 is 23.2 Å². The average Bonchev–Trinajstić information content (AvgIpc) is 2.46. The molecule has 21 heavy (non-hydrogen) atoms. The third kappa shape index (κ3) is 3.85. The van der Waals surface area contributed by atoms with Gasteiger partial charge in [-0.25, -0.2) is 0 Å². The minimum Gasteiger partial charge on any atom is -0.488 e. The number of aliphatic hydroxyl groups is 1. The predicted octanol–water partition coefficient (Wildman–Crippen LogP) is 3.97. The molecule has 0 fully saturated rings. The van der Waals surface area contributed by atoms with E-state index in [0.29, 0.717) is 21.9 Å². The molecule has 1 N–H and O–H groups in total. The summed E-state index contributed by atoms with van der Waals surface area (Å²) < 4.78 is 5.58. The van der Waals surface area contributed by atoms with E-state index in [-0.39, 0.29) is 23.9 Å². The first-order valence-corrected chi connectivity index (χ1v) is 6.71. The Hall–Kier alpha value is -1.82. The standard InChI is InChI=1S/C14H11Cl2NO4/c15-11-2-4-14(10(5-11)7-18)21-8-9-1-3-12(17(19)20)6-13(9)16/h1-6,18H,7-8H2. The maximum Gasteiger partial charge on any atom is 0.270 e. The minimum absolute atomic E-state index is 0.0775. The number of non-ortho nitro benzene ring substituents is 1. The first-order valence-electron chi connectivity index (χ1n) is 5.96. The summed E-state index contributed by atoms with van der Waals surface area (Å²) >= 11 is 11.8. The Morgan fingerprint density at radius 1 is 1.14 bits per heavy atom. The lowest BCUT2D eigenvalue weighted by molar-refractivity contribution is -0.384. The molecule has 0 atom stereocenters. The molecule has 5 nitrogen and oxygen atoms in total. The molecule has 7 heteroatoms. The van der Waals surface area contributed by atoms with Gasteiger partial charge < -0.3 is 9.84 Å². The van der Waals surface area contributed by atoms with E-state index < -0.39 is 4.92 Å². The molecule has 0 spiro atoms. The summed E-state index contributed by atoms with van der Waals surface area (Å²) in [6, 6.07) is 9.07. The molecule has 0 aliphatic carbocycles. The number of aliphatic hydroxyl groups excluding tert-OH is 1. The van der Waals surface area contributed by atoms with Crippen LogP contribution in [0.2, 0.25) is 10.0 Å². The molecular formula is C14H11Cl2NO4. The maximum atomic E-state index is 10.6. The van der Waals surface area contributed by atoms with Gasteiger partial charge in [0.2, 0.25) is 0 Å². The van der Waals surface area contributed by atoms with Crippen LogP contribution in [0, 0.1) is 10.1 Å². The second-order valence-electron chi connectivity index (χ2n) is 4.23. The lowest BCUT2D eigenvalue weighted by atomic mass is 10.2. The number of ether oxygens (including phenoxy) is 1. The highest BCUT2D eigenvalue weighted by Gasteiger charge is 2.11. The second-order valence-corrected chi connectivity index (χ2v) is 5.08. The van der Waals surface area contributed by atoms with Gasteiger partial charge in [-0.15, -0.1) is 0 Å². The number of benzene rings is 2. The molecule has 0 saturated heterocycles. The molecule has 0 heterocycles. The zero-order valence-electron chi connectivity index (χ0n) is 10.8. The topological polar surface area (TPSA) is 72.6 Å². The van der Waals surface area contributed by atoms with Crippen LogP contribution in [0.4, 0.5) is 5.69 Å². The van der Waals surface area contributed by atoms with E-state index in [1.807, 2.05) is 0 Å². The van der Waals surface area contributed by atoms with E-state index >= 15 is 0 Å². The number of rotatable bonds is 5. The Morgan fingerprint density at radius 2 is 1.90 bits per heavy atom. The summed E-state index contributed by atoms with van der Waals surface area (Å²) in [4.78, 5) is 10.1. The fraction of sp³-hybridized carbons (Fsp3) is 0.143. The summed E-state index contributed by atoms with van der Waals surface area (Å²) in [6.45, 7) is -0.0741. The first kappa shape index (κ1) is 15.6. The van der Waals surface area contributed by atoms with Crippen LogP contribution in [0.1, 0.15) is 11.1 Å². The lowest BCUT2D eigenvalue weighted by Gasteiger charge is -2.11. The van der Waals surface area contributed by atoms with Gasteiger partial charge in [0, 0.05) is 28.3 Å². The van der Waals surface area contributed by atoms with Crippen molar-refractivity contribution in [1.29, 1.82) is 0 Å². The lowest BCUT2D eigenvalue weighted by Crippen LogP contribution is -2.00. The minimum atomic E-state index is -0.514. The van der Waals surface area contributed by atoms with E-state index in [1.54, 1.807) is 18.2 Å². The Bertz CT molecular complexity index is 676. The molecule has 2 rings (SSSR count). The quantitative estimate of drug-likeness (QED) is 0.666. The SMILES string of the molecule is O=[N+]([O-])c1ccc(COc2ccc(Cl)cc2CO)c(Cl)c1. The summed E-state index contributed by atoms with van der Waals surface area (Å²) in [7, 11) is 0. The highest BCUT2D eigenvalue weighted by atomic mass is 35.5. The van der Waals surface area contributed by atoms with Gasteiger partial charge in [-0.1, -0.05) is 23.2 Å². The fourth-order valence-corrected chi connectivity index (χ4v) is 2.16. The maximum absolute atomic E-state index is 10.6. The number of nitro benzene ring substituents is 1. The second kappa shape index (κ2) is 6.76. The van der Waals surface area contributed by atoms with Crippen LogP contribution in [0.3, 0.4) is 0 Å². The smallest absolute Gasteiger partial charge is 0.270 e. The molecule has 2 aromatic carbocycles. The van der Waals surface area contributed by atoms with Crippen LogP contribution in [-0.4, -0.2) is 10.0 Å². The van der Waals surface area contributed by atoms with Crippen molar-refractivity contribution >= 4 is 28.9 Å². The van der Waals surface area contributed by atoms with Crippen LogP contribution in [0.25, 0.3) is 0 Å². The predicted molar refractivity (Wildman–Crippen MR) is 79.8 cm³/mol. The van der Waals surface area contributed by atoms with Crippen molar-refractivity contribution in [3.8, 4) is 5.75 Å². The van der Waals surface area contributed by atoms with Gasteiger partial charge in [-0.05, 0) is 24.3 Å². The van der Waals surface area contributed by atoms with Crippen molar-refractivity contribution in [3.05, 3.63) is 67.7 Å². The van der Waals surface area contributed by atoms with Crippen molar-refractivity contribution in [2.75, 3.05) is 0 Å². The van der Waals surface area contributed by atoms with E-state index in [0.717, 1.165) is 0 Å². The van der Waals surface area contributed by atoms with Crippen molar-refractivity contribution in [3.63, 3.8) is 0 Å². The largest absolute Gasteiger partial charge is 0.488 e. The third-order valence-electron chi connectivity index (χ3n) is 2.82. The van der Waals surface area contributed by atoms with Gasteiger partial charge in [-0.3, -0.25) is 10.1 Å². The van der Waals surface area contributed by atoms with Crippen molar-refractivity contribution in [2.24, 2.45) is 0 Å². The Labute approximate surface area is 130 Å². The number of halogens is 2. The highest BCUT2D eigenvalue weighted by molar-refractivity contribution is 6.31. The Kier molecular flexibility index (Phi) is 5.01. The number of nitrogens with zero attached hydrogens (tertiary/aromatic N) is 1. The fourth-order valence-electron chi connectivity index (χ4n) is 1.73. The number of hydrogen-bond donors (Lipinski definition) is 1. The zero-order valence-corrected chi connectivity index (χ0v) is 12.3. The Balaban J connectivity index is 2.15. The van der Waals surface area contributed by atoms with Gasteiger partial charge in [0.05, 0.1) is 16.6 Å². The summed E-state index contributed by atoms with van der Waals surface area (Å²) in [5.41, 5.74) is 1.09. The van der Waals surface area contributed by atoms with Crippen LogP contribution in [-0.2, 0) is 13.2 Å². The number of hydrogen-bond acceptors (Lipinski definition) is 4. The van der Waals surface area contributed by atoms with E-state index in [2.05, 4.69) is 0 Å². The van der Waals surface area contributed by atoms with Crippen molar-refractivity contribution in [2.45, 2.75) is 13.2 Å². The molecule has 2 aromatic rings. The monoisotopic (exact) mass is 327 g/mol. The number of nitro groups is 1. The summed E-state index contributed by atoms with van der Waals surface area (Å²) in [6.07, 6.45) is 0. The molecular weight excluding hydrogens is 317 g/mol. The van der Waals surface area contributed by atoms with Crippen LogP contribution in [0.15, 0.2) is 36.4 Å². The summed E-state index contributed by atoms with van der Waals surface area (Å²) in [5, 5.41) is 20.6. The van der Waals surface area contributed by atoms with Gasteiger partial charge in [0.1, 0.15) is 12.4 Å². The molecule has 0 aromatic heterocycles. The van der Waals surface area contributed by atoms with Crippen molar-refractivity contribution < 1.29 is 14.8 Å². The molecule has 0 saturated carbocycles. The Morgan fingerprint density at radius 3 is 2.52 bits per heavy atom. The van der Waals surface area contributed by atoms with Crippen LogP contribution in [0.5, 0.6) is 5.75 Å². The zero-order chi connectivity index (χ0) is 15.4.